The fourth-order valence-corrected chi connectivity index (χ4v) is 3.37. The number of furan rings is 1. The van der Waals surface area contributed by atoms with Crippen LogP contribution in [-0.2, 0) is 0 Å². The fourth-order valence-electron chi connectivity index (χ4n) is 2.07. The Balaban J connectivity index is 2.37. The van der Waals surface area contributed by atoms with Crippen LogP contribution in [0.15, 0.2) is 45.2 Å². The second-order valence-corrected chi connectivity index (χ2v) is 5.75. The van der Waals surface area contributed by atoms with Crippen molar-refractivity contribution in [3.8, 4) is 11.1 Å². The second kappa shape index (κ2) is 4.24. The minimum atomic E-state index is 0.970. The molecule has 0 fully saturated rings. The van der Waals surface area contributed by atoms with Crippen molar-refractivity contribution in [3.63, 3.8) is 0 Å². The Morgan fingerprint density at radius 2 is 2.00 bits per heavy atom. The van der Waals surface area contributed by atoms with E-state index < -0.39 is 0 Å². The van der Waals surface area contributed by atoms with Crippen LogP contribution >= 0.6 is 23.1 Å². The number of aryl methyl sites for hydroxylation is 1. The van der Waals surface area contributed by atoms with Gasteiger partial charge in [-0.2, -0.15) is 0 Å². The lowest BCUT2D eigenvalue weighted by Crippen LogP contribution is -1.76. The van der Waals surface area contributed by atoms with Gasteiger partial charge in [0.05, 0.1) is 0 Å². The van der Waals surface area contributed by atoms with Crippen LogP contribution in [0.2, 0.25) is 0 Å². The highest BCUT2D eigenvalue weighted by atomic mass is 32.2. The molecule has 86 valence electrons. The molecule has 2 heterocycles. The molecule has 3 rings (SSSR count). The largest absolute Gasteiger partial charge is 0.449 e. The number of rotatable bonds is 2. The summed E-state index contributed by atoms with van der Waals surface area (Å²) in [6.45, 7) is 2.16. The summed E-state index contributed by atoms with van der Waals surface area (Å²) in [5.74, 6) is 0. The molecule has 1 nitrogen and oxygen atoms in total. The number of hydrogen-bond donors (Lipinski definition) is 0. The Bertz CT molecular complexity index is 664. The van der Waals surface area contributed by atoms with Crippen molar-refractivity contribution < 1.29 is 4.42 Å². The van der Waals surface area contributed by atoms with Crippen molar-refractivity contribution in [2.45, 2.75) is 12.0 Å². The van der Waals surface area contributed by atoms with Gasteiger partial charge in [0.2, 0.25) is 0 Å². The minimum absolute atomic E-state index is 0.970. The zero-order valence-corrected chi connectivity index (χ0v) is 11.3. The van der Waals surface area contributed by atoms with Gasteiger partial charge in [0, 0.05) is 21.4 Å². The van der Waals surface area contributed by atoms with E-state index in [1.807, 2.05) is 12.1 Å². The molecule has 1 aromatic carbocycles. The first-order valence-corrected chi connectivity index (χ1v) is 7.51. The van der Waals surface area contributed by atoms with Gasteiger partial charge in [0.25, 0.3) is 0 Å². The summed E-state index contributed by atoms with van der Waals surface area (Å²) in [5.41, 5.74) is 3.51. The zero-order chi connectivity index (χ0) is 11.8. The van der Waals surface area contributed by atoms with E-state index in [1.165, 1.54) is 21.4 Å². The number of benzene rings is 1. The molecule has 0 saturated carbocycles. The highest BCUT2D eigenvalue weighted by Crippen LogP contribution is 2.41. The predicted octanol–water partition coefficient (Wildman–Crippen LogP) is 5.19. The lowest BCUT2D eigenvalue weighted by molar-refractivity contribution is 0.518. The van der Waals surface area contributed by atoms with E-state index in [0.717, 1.165) is 10.7 Å². The van der Waals surface area contributed by atoms with Crippen molar-refractivity contribution in [1.82, 2.24) is 0 Å². The third-order valence-electron chi connectivity index (χ3n) is 2.88. The van der Waals surface area contributed by atoms with E-state index in [2.05, 4.69) is 36.8 Å². The number of fused-ring (bicyclic) bond motifs is 1. The summed E-state index contributed by atoms with van der Waals surface area (Å²) < 4.78 is 5.89. The highest BCUT2D eigenvalue weighted by Gasteiger charge is 2.16. The average molecular weight is 260 g/mol. The Morgan fingerprint density at radius 3 is 2.71 bits per heavy atom. The molecule has 3 aromatic rings. The molecular formula is C14H12OS2. The molecule has 0 unspecified atom stereocenters. The average Bonchev–Trinajstić information content (AvgIpc) is 2.91. The Labute approximate surface area is 108 Å². The van der Waals surface area contributed by atoms with Crippen LogP contribution in [-0.4, -0.2) is 6.26 Å². The normalized spacial score (nSPS) is 11.2. The van der Waals surface area contributed by atoms with Gasteiger partial charge in [-0.1, -0.05) is 30.0 Å². The van der Waals surface area contributed by atoms with Crippen LogP contribution in [0.3, 0.4) is 0 Å². The number of thiophene rings is 1. The van der Waals surface area contributed by atoms with Crippen LogP contribution in [0, 0.1) is 6.92 Å². The Morgan fingerprint density at radius 1 is 1.18 bits per heavy atom. The van der Waals surface area contributed by atoms with Gasteiger partial charge in [-0.15, -0.1) is 11.3 Å². The topological polar surface area (TPSA) is 13.1 Å². The van der Waals surface area contributed by atoms with E-state index in [1.54, 1.807) is 23.1 Å². The van der Waals surface area contributed by atoms with Gasteiger partial charge < -0.3 is 4.42 Å². The van der Waals surface area contributed by atoms with Crippen LogP contribution in [0.4, 0.5) is 0 Å². The summed E-state index contributed by atoms with van der Waals surface area (Å²) >= 11 is 3.45. The van der Waals surface area contributed by atoms with Gasteiger partial charge in [-0.05, 0) is 30.7 Å². The summed E-state index contributed by atoms with van der Waals surface area (Å²) in [7, 11) is 0. The van der Waals surface area contributed by atoms with Crippen molar-refractivity contribution >= 4 is 34.1 Å². The summed E-state index contributed by atoms with van der Waals surface area (Å²) in [6, 6.07) is 10.4. The number of hydrogen-bond acceptors (Lipinski definition) is 3. The van der Waals surface area contributed by atoms with Gasteiger partial charge in [0.1, 0.15) is 5.58 Å². The van der Waals surface area contributed by atoms with E-state index in [-0.39, 0.29) is 0 Å². The predicted molar refractivity (Wildman–Crippen MR) is 76.0 cm³/mol. The molecule has 0 amide bonds. The van der Waals surface area contributed by atoms with Crippen molar-refractivity contribution in [2.75, 3.05) is 6.26 Å². The molecule has 0 radical (unpaired) electrons. The molecule has 0 aliphatic heterocycles. The monoisotopic (exact) mass is 260 g/mol. The van der Waals surface area contributed by atoms with E-state index in [9.17, 15) is 0 Å². The third kappa shape index (κ3) is 1.70. The van der Waals surface area contributed by atoms with Crippen molar-refractivity contribution in [2.24, 2.45) is 0 Å². The fraction of sp³-hybridized carbons (Fsp3) is 0.143. The lowest BCUT2D eigenvalue weighted by atomic mass is 10.1. The maximum atomic E-state index is 5.89. The van der Waals surface area contributed by atoms with Gasteiger partial charge in [-0.25, -0.2) is 0 Å². The van der Waals surface area contributed by atoms with Gasteiger partial charge in [0.15, 0.2) is 5.09 Å². The SMILES string of the molecule is CSc1oc2ccccc2c1-c1ccsc1C. The van der Waals surface area contributed by atoms with Gasteiger partial charge >= 0.3 is 0 Å². The maximum Gasteiger partial charge on any atom is 0.169 e. The molecule has 2 aromatic heterocycles. The Hall–Kier alpha value is -1.19. The molecule has 0 N–H and O–H groups in total. The quantitative estimate of drug-likeness (QED) is 0.588. The third-order valence-corrected chi connectivity index (χ3v) is 4.38. The van der Waals surface area contributed by atoms with Crippen LogP contribution in [0.5, 0.6) is 0 Å². The standard InChI is InChI=1S/C14H12OS2/c1-9-10(7-8-17-9)13-11-5-3-4-6-12(11)15-14(13)16-2/h3-8H,1-2H3. The first-order valence-electron chi connectivity index (χ1n) is 5.41. The lowest BCUT2D eigenvalue weighted by Gasteiger charge is -1.99. The summed E-state index contributed by atoms with van der Waals surface area (Å²) in [4.78, 5) is 1.34. The molecule has 0 saturated heterocycles. The molecule has 0 atom stereocenters. The molecule has 17 heavy (non-hydrogen) atoms. The maximum absolute atomic E-state index is 5.89. The molecule has 0 spiro atoms. The van der Waals surface area contributed by atoms with E-state index >= 15 is 0 Å². The van der Waals surface area contributed by atoms with Gasteiger partial charge in [-0.3, -0.25) is 0 Å². The van der Waals surface area contributed by atoms with Crippen molar-refractivity contribution in [3.05, 3.63) is 40.6 Å². The number of thioether (sulfide) groups is 1. The summed E-state index contributed by atoms with van der Waals surface area (Å²) in [6.07, 6.45) is 2.06. The molecular weight excluding hydrogens is 248 g/mol. The minimum Gasteiger partial charge on any atom is -0.449 e. The zero-order valence-electron chi connectivity index (χ0n) is 9.69. The van der Waals surface area contributed by atoms with Crippen LogP contribution in [0.25, 0.3) is 22.1 Å². The number of para-hydroxylation sites is 1. The van der Waals surface area contributed by atoms with Crippen molar-refractivity contribution in [1.29, 1.82) is 0 Å². The Kier molecular flexibility index (Phi) is 2.73. The van der Waals surface area contributed by atoms with E-state index in [0.29, 0.717) is 0 Å². The van der Waals surface area contributed by atoms with E-state index in [4.69, 9.17) is 4.42 Å². The molecule has 0 aliphatic carbocycles. The smallest absolute Gasteiger partial charge is 0.169 e. The van der Waals surface area contributed by atoms with Crippen LogP contribution < -0.4 is 0 Å². The summed E-state index contributed by atoms with van der Waals surface area (Å²) in [5, 5.41) is 4.35. The first-order chi connectivity index (χ1) is 8.31. The molecule has 3 heteroatoms. The molecule has 0 bridgehead atoms. The second-order valence-electron chi connectivity index (χ2n) is 3.86. The van der Waals surface area contributed by atoms with Crippen LogP contribution in [0.1, 0.15) is 4.88 Å². The first kappa shape index (κ1) is 10.9. The highest BCUT2D eigenvalue weighted by molar-refractivity contribution is 7.98. The molecule has 0 aliphatic rings.